The molecule has 0 saturated carbocycles. The van der Waals surface area contributed by atoms with E-state index in [2.05, 4.69) is 4.98 Å². The van der Waals surface area contributed by atoms with E-state index < -0.39 is 5.97 Å². The molecular weight excluding hydrogens is 362 g/mol. The number of methoxy groups -OCH3 is 1. The van der Waals surface area contributed by atoms with Gasteiger partial charge in [0.1, 0.15) is 18.1 Å². The maximum absolute atomic E-state index is 12.3. The molecule has 0 aliphatic rings. The average molecular weight is 383 g/mol. The molecular formula is C25H21NO3. The Kier molecular flexibility index (Phi) is 5.43. The minimum Gasteiger partial charge on any atom is -0.489 e. The summed E-state index contributed by atoms with van der Waals surface area (Å²) in [5.74, 6) is 0.377. The molecule has 4 aromatic rings. The quantitative estimate of drug-likeness (QED) is 0.434. The standard InChI is InChI=1S/C25H21NO3/c1-28-25(27)24-22(16-23(26-24)20-10-6-3-7-11-20)19-12-14-21(15-13-19)29-17-18-8-4-2-5-9-18/h2-16,26H,17H2,1H3. The molecule has 1 N–H and O–H groups in total. The van der Waals surface area contributed by atoms with E-state index in [1.807, 2.05) is 91.0 Å². The summed E-state index contributed by atoms with van der Waals surface area (Å²) in [6.45, 7) is 0.510. The molecule has 0 amide bonds. The molecule has 0 unspecified atom stereocenters. The zero-order valence-corrected chi connectivity index (χ0v) is 16.1. The summed E-state index contributed by atoms with van der Waals surface area (Å²) in [6.07, 6.45) is 0. The number of carbonyl (C=O) groups is 1. The van der Waals surface area contributed by atoms with Gasteiger partial charge in [0.25, 0.3) is 0 Å². The summed E-state index contributed by atoms with van der Waals surface area (Å²) in [7, 11) is 1.38. The maximum Gasteiger partial charge on any atom is 0.355 e. The zero-order chi connectivity index (χ0) is 20.1. The number of benzene rings is 3. The second-order valence-corrected chi connectivity index (χ2v) is 6.63. The highest BCUT2D eigenvalue weighted by atomic mass is 16.5. The van der Waals surface area contributed by atoms with E-state index in [1.165, 1.54) is 7.11 Å². The van der Waals surface area contributed by atoms with E-state index in [9.17, 15) is 4.79 Å². The molecule has 0 aliphatic heterocycles. The lowest BCUT2D eigenvalue weighted by molar-refractivity contribution is 0.0596. The number of ether oxygens (including phenoxy) is 2. The van der Waals surface area contributed by atoms with Crippen LogP contribution in [0.2, 0.25) is 0 Å². The Morgan fingerprint density at radius 2 is 1.48 bits per heavy atom. The molecule has 1 aromatic heterocycles. The first-order valence-corrected chi connectivity index (χ1v) is 9.38. The Morgan fingerprint density at radius 1 is 0.828 bits per heavy atom. The van der Waals surface area contributed by atoms with Gasteiger partial charge in [-0.2, -0.15) is 0 Å². The third kappa shape index (κ3) is 4.22. The van der Waals surface area contributed by atoms with E-state index in [1.54, 1.807) is 0 Å². The van der Waals surface area contributed by atoms with Crippen LogP contribution in [0.5, 0.6) is 5.75 Å². The Morgan fingerprint density at radius 3 is 2.14 bits per heavy atom. The van der Waals surface area contributed by atoms with Gasteiger partial charge in [0, 0.05) is 11.3 Å². The topological polar surface area (TPSA) is 51.3 Å². The number of hydrogen-bond donors (Lipinski definition) is 1. The Balaban J connectivity index is 1.60. The highest BCUT2D eigenvalue weighted by molar-refractivity contribution is 5.97. The first-order valence-electron chi connectivity index (χ1n) is 9.38. The number of nitrogens with one attached hydrogen (secondary N) is 1. The summed E-state index contributed by atoms with van der Waals surface area (Å²) in [4.78, 5) is 15.5. The molecule has 29 heavy (non-hydrogen) atoms. The van der Waals surface area contributed by atoms with Gasteiger partial charge >= 0.3 is 5.97 Å². The monoisotopic (exact) mass is 383 g/mol. The normalized spacial score (nSPS) is 10.5. The number of carbonyl (C=O) groups excluding carboxylic acids is 1. The number of rotatable bonds is 6. The van der Waals surface area contributed by atoms with Gasteiger partial charge in [-0.3, -0.25) is 0 Å². The van der Waals surface area contributed by atoms with Crippen molar-refractivity contribution in [1.29, 1.82) is 0 Å². The van der Waals surface area contributed by atoms with Crippen LogP contribution in [0.25, 0.3) is 22.4 Å². The van der Waals surface area contributed by atoms with Crippen LogP contribution < -0.4 is 4.74 Å². The molecule has 0 radical (unpaired) electrons. The molecule has 4 heteroatoms. The first-order chi connectivity index (χ1) is 14.2. The van der Waals surface area contributed by atoms with Crippen molar-refractivity contribution in [2.45, 2.75) is 6.61 Å². The van der Waals surface area contributed by atoms with Crippen molar-refractivity contribution in [3.8, 4) is 28.1 Å². The van der Waals surface area contributed by atoms with Gasteiger partial charge < -0.3 is 14.5 Å². The molecule has 3 aromatic carbocycles. The number of hydrogen-bond acceptors (Lipinski definition) is 3. The van der Waals surface area contributed by atoms with Gasteiger partial charge in [-0.05, 0) is 34.9 Å². The summed E-state index contributed by atoms with van der Waals surface area (Å²) in [5, 5.41) is 0. The zero-order valence-electron chi connectivity index (χ0n) is 16.1. The van der Waals surface area contributed by atoms with Gasteiger partial charge in [0.15, 0.2) is 0 Å². The summed E-state index contributed by atoms with van der Waals surface area (Å²) in [5.41, 5.74) is 5.13. The second kappa shape index (κ2) is 8.48. The van der Waals surface area contributed by atoms with Crippen molar-refractivity contribution in [2.24, 2.45) is 0 Å². The van der Waals surface area contributed by atoms with Gasteiger partial charge in [-0.15, -0.1) is 0 Å². The number of aromatic amines is 1. The molecule has 4 rings (SSSR count). The summed E-state index contributed by atoms with van der Waals surface area (Å²) < 4.78 is 10.8. The third-order valence-electron chi connectivity index (χ3n) is 4.71. The van der Waals surface area contributed by atoms with Gasteiger partial charge in [0.05, 0.1) is 7.11 Å². The molecule has 0 spiro atoms. The first kappa shape index (κ1) is 18.6. The fraction of sp³-hybridized carbons (Fsp3) is 0.0800. The van der Waals surface area contributed by atoms with Crippen molar-refractivity contribution in [2.75, 3.05) is 7.11 Å². The smallest absolute Gasteiger partial charge is 0.355 e. The predicted octanol–water partition coefficient (Wildman–Crippen LogP) is 5.71. The van der Waals surface area contributed by atoms with E-state index in [0.717, 1.165) is 33.7 Å². The minimum absolute atomic E-state index is 0.397. The van der Waals surface area contributed by atoms with Crippen LogP contribution in [0.1, 0.15) is 16.1 Å². The number of aromatic nitrogens is 1. The lowest BCUT2D eigenvalue weighted by Gasteiger charge is -2.08. The molecule has 0 aliphatic carbocycles. The Hall–Kier alpha value is -3.79. The lowest BCUT2D eigenvalue weighted by atomic mass is 10.0. The lowest BCUT2D eigenvalue weighted by Crippen LogP contribution is -2.03. The van der Waals surface area contributed by atoms with Crippen LogP contribution in [0.3, 0.4) is 0 Å². The highest BCUT2D eigenvalue weighted by Gasteiger charge is 2.18. The molecule has 0 bridgehead atoms. The van der Waals surface area contributed by atoms with Crippen LogP contribution in [-0.4, -0.2) is 18.1 Å². The van der Waals surface area contributed by atoms with E-state index in [0.29, 0.717) is 12.3 Å². The van der Waals surface area contributed by atoms with Crippen molar-refractivity contribution in [1.82, 2.24) is 4.98 Å². The second-order valence-electron chi connectivity index (χ2n) is 6.63. The van der Waals surface area contributed by atoms with E-state index >= 15 is 0 Å². The number of H-pyrrole nitrogens is 1. The van der Waals surface area contributed by atoms with Crippen molar-refractivity contribution < 1.29 is 14.3 Å². The Bertz CT molecular complexity index is 1080. The van der Waals surface area contributed by atoms with Gasteiger partial charge in [-0.1, -0.05) is 72.8 Å². The van der Waals surface area contributed by atoms with Crippen LogP contribution >= 0.6 is 0 Å². The van der Waals surface area contributed by atoms with Crippen LogP contribution in [0, 0.1) is 0 Å². The Labute approximate surface area is 169 Å². The molecule has 0 fully saturated rings. The van der Waals surface area contributed by atoms with Gasteiger partial charge in [0.2, 0.25) is 0 Å². The largest absolute Gasteiger partial charge is 0.489 e. The fourth-order valence-electron chi connectivity index (χ4n) is 3.19. The molecule has 1 heterocycles. The minimum atomic E-state index is -0.397. The van der Waals surface area contributed by atoms with Crippen molar-refractivity contribution in [3.05, 3.63) is 102 Å². The fourth-order valence-corrected chi connectivity index (χ4v) is 3.19. The number of esters is 1. The van der Waals surface area contributed by atoms with Crippen LogP contribution in [0.15, 0.2) is 91.0 Å². The SMILES string of the molecule is COC(=O)c1[nH]c(-c2ccccc2)cc1-c1ccc(OCc2ccccc2)cc1. The molecule has 0 saturated heterocycles. The molecule has 144 valence electrons. The van der Waals surface area contributed by atoms with Crippen molar-refractivity contribution in [3.63, 3.8) is 0 Å². The summed E-state index contributed by atoms with van der Waals surface area (Å²) >= 11 is 0. The summed E-state index contributed by atoms with van der Waals surface area (Å²) in [6, 6.07) is 29.6. The highest BCUT2D eigenvalue weighted by Crippen LogP contribution is 2.31. The van der Waals surface area contributed by atoms with Crippen LogP contribution in [0.4, 0.5) is 0 Å². The predicted molar refractivity (Wildman–Crippen MR) is 114 cm³/mol. The van der Waals surface area contributed by atoms with Gasteiger partial charge in [-0.25, -0.2) is 4.79 Å². The van der Waals surface area contributed by atoms with E-state index in [4.69, 9.17) is 9.47 Å². The van der Waals surface area contributed by atoms with E-state index in [-0.39, 0.29) is 0 Å². The van der Waals surface area contributed by atoms with Crippen LogP contribution in [-0.2, 0) is 11.3 Å². The van der Waals surface area contributed by atoms with Crippen molar-refractivity contribution >= 4 is 5.97 Å². The maximum atomic E-state index is 12.3. The molecule has 4 nitrogen and oxygen atoms in total. The third-order valence-corrected chi connectivity index (χ3v) is 4.71. The molecule has 0 atom stereocenters. The average Bonchev–Trinajstić information content (AvgIpc) is 3.24.